The van der Waals surface area contributed by atoms with Crippen molar-refractivity contribution in [2.75, 3.05) is 18.5 Å². The molecule has 5 nitrogen and oxygen atoms in total. The summed E-state index contributed by atoms with van der Waals surface area (Å²) in [6.07, 6.45) is 8.07. The number of carbonyl (C=O) groups excluding carboxylic acids is 1. The van der Waals surface area contributed by atoms with Gasteiger partial charge in [0.2, 0.25) is 5.91 Å². The number of carbonyl (C=O) groups is 1. The Morgan fingerprint density at radius 1 is 1.18 bits per heavy atom. The third kappa shape index (κ3) is 2.21. The zero-order valence-electron chi connectivity index (χ0n) is 15.8. The van der Waals surface area contributed by atoms with E-state index < -0.39 is 0 Å². The molecule has 1 N–H and O–H groups in total. The van der Waals surface area contributed by atoms with Crippen molar-refractivity contribution in [1.29, 1.82) is 5.26 Å². The van der Waals surface area contributed by atoms with Crippen molar-refractivity contribution in [2.45, 2.75) is 43.9 Å². The highest BCUT2D eigenvalue weighted by Crippen LogP contribution is 2.78. The summed E-state index contributed by atoms with van der Waals surface area (Å²) < 4.78 is 5.44. The number of hydrogen-bond donors (Lipinski definition) is 1. The van der Waals surface area contributed by atoms with Crippen molar-refractivity contribution in [1.82, 2.24) is 4.98 Å². The molecule has 2 spiro atoms. The van der Waals surface area contributed by atoms with Crippen LogP contribution in [0.1, 0.15) is 44.1 Å². The quantitative estimate of drug-likeness (QED) is 0.884. The minimum atomic E-state index is -0.294. The molecule has 0 radical (unpaired) electrons. The monoisotopic (exact) mass is 373 g/mol. The van der Waals surface area contributed by atoms with E-state index in [1.165, 1.54) is 12.8 Å². The second-order valence-electron chi connectivity index (χ2n) is 9.33. The van der Waals surface area contributed by atoms with Crippen LogP contribution in [0.25, 0.3) is 10.8 Å². The molecule has 4 aliphatic rings. The highest BCUT2D eigenvalue weighted by Gasteiger charge is 2.75. The summed E-state index contributed by atoms with van der Waals surface area (Å²) in [5, 5.41) is 14.9. The van der Waals surface area contributed by atoms with Crippen molar-refractivity contribution in [3.8, 4) is 6.07 Å². The van der Waals surface area contributed by atoms with E-state index in [9.17, 15) is 10.1 Å². The van der Waals surface area contributed by atoms with E-state index in [4.69, 9.17) is 4.74 Å². The lowest BCUT2D eigenvalue weighted by atomic mass is 9.92. The highest BCUT2D eigenvalue weighted by molar-refractivity contribution is 5.96. The Hall–Kier alpha value is -2.45. The summed E-state index contributed by atoms with van der Waals surface area (Å²) in [5.41, 5.74) is 1.24. The van der Waals surface area contributed by atoms with Gasteiger partial charge in [0.25, 0.3) is 0 Å². The fourth-order valence-corrected chi connectivity index (χ4v) is 5.59. The van der Waals surface area contributed by atoms with Gasteiger partial charge in [0.15, 0.2) is 0 Å². The first-order valence-electron chi connectivity index (χ1n) is 10.3. The zero-order chi connectivity index (χ0) is 19.0. The summed E-state index contributed by atoms with van der Waals surface area (Å²) in [6, 6.07) is 10.8. The van der Waals surface area contributed by atoms with Crippen LogP contribution in [0.2, 0.25) is 0 Å². The predicted octanol–water partition coefficient (Wildman–Crippen LogP) is 3.94. The Labute approximate surface area is 164 Å². The third-order valence-electron chi connectivity index (χ3n) is 7.89. The van der Waals surface area contributed by atoms with Crippen LogP contribution >= 0.6 is 0 Å². The minimum Gasteiger partial charge on any atom is -0.381 e. The number of ether oxygens (including phenoxy) is 1. The molecule has 2 aromatic rings. The first-order chi connectivity index (χ1) is 13.6. The lowest BCUT2D eigenvalue weighted by molar-refractivity contribution is -0.118. The Balaban J connectivity index is 1.25. The van der Waals surface area contributed by atoms with E-state index >= 15 is 0 Å². The number of nitrogens with one attached hydrogen (secondary N) is 1. The maximum Gasteiger partial charge on any atom is 0.229 e. The van der Waals surface area contributed by atoms with Gasteiger partial charge in [0.1, 0.15) is 5.82 Å². The van der Waals surface area contributed by atoms with E-state index in [2.05, 4.69) is 34.6 Å². The van der Waals surface area contributed by atoms with Crippen molar-refractivity contribution in [3.63, 3.8) is 0 Å². The number of benzene rings is 1. The molecule has 3 saturated carbocycles. The normalized spacial score (nSPS) is 30.8. The SMILES string of the molecule is N#C[C@]1(c2ccc3cnc(NC(=O)[C@H]4CC45CCOCC5)cc3c2)CC12CC2. The van der Waals surface area contributed by atoms with E-state index in [1.54, 1.807) is 0 Å². The van der Waals surface area contributed by atoms with Crippen molar-refractivity contribution < 1.29 is 9.53 Å². The van der Waals surface area contributed by atoms with Gasteiger partial charge >= 0.3 is 0 Å². The van der Waals surface area contributed by atoms with Crippen LogP contribution in [-0.4, -0.2) is 24.1 Å². The fraction of sp³-hybridized carbons (Fsp3) is 0.522. The van der Waals surface area contributed by atoms with E-state index in [-0.39, 0.29) is 28.1 Å². The van der Waals surface area contributed by atoms with Gasteiger partial charge < -0.3 is 10.1 Å². The molecule has 6 rings (SSSR count). The minimum absolute atomic E-state index is 0.0810. The predicted molar refractivity (Wildman–Crippen MR) is 105 cm³/mol. The smallest absolute Gasteiger partial charge is 0.229 e. The van der Waals surface area contributed by atoms with E-state index in [0.29, 0.717) is 5.82 Å². The number of hydrogen-bond acceptors (Lipinski definition) is 4. The average molecular weight is 373 g/mol. The molecular weight excluding hydrogens is 350 g/mol. The number of nitriles is 1. The standard InChI is InChI=1S/C23H23N3O2/c24-14-23(13-22(23)3-4-22)17-2-1-15-12-25-19(10-16(15)9-17)26-20(27)18-11-21(18)5-7-28-8-6-21/h1-2,9-10,12,18H,3-8,11,13H2,(H,25,26,27)/t18-,23+/m1/s1. The second-order valence-corrected chi connectivity index (χ2v) is 9.33. The second kappa shape index (κ2) is 5.33. The third-order valence-corrected chi connectivity index (χ3v) is 7.89. The summed E-state index contributed by atoms with van der Waals surface area (Å²) in [4.78, 5) is 17.2. The lowest BCUT2D eigenvalue weighted by Gasteiger charge is -2.22. The van der Waals surface area contributed by atoms with Gasteiger partial charge in [-0.05, 0) is 72.4 Å². The molecule has 1 amide bonds. The van der Waals surface area contributed by atoms with Crippen molar-refractivity contribution >= 4 is 22.5 Å². The molecule has 2 atom stereocenters. The number of anilines is 1. The Kier molecular flexibility index (Phi) is 3.14. The van der Waals surface area contributed by atoms with Crippen LogP contribution in [-0.2, 0) is 14.9 Å². The molecule has 3 aliphatic carbocycles. The molecule has 1 aromatic carbocycles. The van der Waals surface area contributed by atoms with Gasteiger partial charge in [-0.25, -0.2) is 4.98 Å². The van der Waals surface area contributed by atoms with Gasteiger partial charge in [-0.3, -0.25) is 4.79 Å². The van der Waals surface area contributed by atoms with E-state index in [1.807, 2.05) is 12.3 Å². The van der Waals surface area contributed by atoms with Gasteiger partial charge in [-0.1, -0.05) is 12.1 Å². The molecular formula is C23H23N3O2. The maximum absolute atomic E-state index is 12.7. The molecule has 5 heteroatoms. The van der Waals surface area contributed by atoms with Gasteiger partial charge in [-0.15, -0.1) is 0 Å². The van der Waals surface area contributed by atoms with Crippen LogP contribution in [0, 0.1) is 28.1 Å². The number of pyridine rings is 1. The summed E-state index contributed by atoms with van der Waals surface area (Å²) in [5.74, 6) is 0.771. The molecule has 142 valence electrons. The number of aromatic nitrogens is 1. The van der Waals surface area contributed by atoms with Crippen LogP contribution < -0.4 is 5.32 Å². The first kappa shape index (κ1) is 16.5. The molecule has 1 aliphatic heterocycles. The summed E-state index contributed by atoms with van der Waals surface area (Å²) in [6.45, 7) is 1.53. The molecule has 2 heterocycles. The number of fused-ring (bicyclic) bond motifs is 1. The van der Waals surface area contributed by atoms with Crippen molar-refractivity contribution in [3.05, 3.63) is 36.0 Å². The molecule has 4 fully saturated rings. The van der Waals surface area contributed by atoms with Crippen LogP contribution in [0.3, 0.4) is 0 Å². The average Bonchev–Trinajstić information content (AvgIpc) is 3.66. The Morgan fingerprint density at radius 2 is 2.00 bits per heavy atom. The first-order valence-corrected chi connectivity index (χ1v) is 10.3. The number of rotatable bonds is 3. The fourth-order valence-electron chi connectivity index (χ4n) is 5.59. The summed E-state index contributed by atoms with van der Waals surface area (Å²) >= 11 is 0. The van der Waals surface area contributed by atoms with Crippen LogP contribution in [0.5, 0.6) is 0 Å². The molecule has 28 heavy (non-hydrogen) atoms. The zero-order valence-corrected chi connectivity index (χ0v) is 15.8. The highest BCUT2D eigenvalue weighted by atomic mass is 16.5. The Morgan fingerprint density at radius 3 is 2.71 bits per heavy atom. The van der Waals surface area contributed by atoms with Gasteiger partial charge in [-0.2, -0.15) is 5.26 Å². The van der Waals surface area contributed by atoms with Crippen molar-refractivity contribution in [2.24, 2.45) is 16.7 Å². The molecule has 0 bridgehead atoms. The van der Waals surface area contributed by atoms with Gasteiger partial charge in [0, 0.05) is 30.7 Å². The largest absolute Gasteiger partial charge is 0.381 e. The lowest BCUT2D eigenvalue weighted by Crippen LogP contribution is -2.24. The maximum atomic E-state index is 12.7. The molecule has 0 unspecified atom stereocenters. The number of amides is 1. The molecule has 1 saturated heterocycles. The topological polar surface area (TPSA) is 75.0 Å². The van der Waals surface area contributed by atoms with E-state index in [0.717, 1.165) is 55.2 Å². The van der Waals surface area contributed by atoms with Crippen LogP contribution in [0.4, 0.5) is 5.82 Å². The Bertz CT molecular complexity index is 1050. The molecule has 1 aromatic heterocycles. The van der Waals surface area contributed by atoms with Crippen LogP contribution in [0.15, 0.2) is 30.5 Å². The van der Waals surface area contributed by atoms with Gasteiger partial charge in [0.05, 0.1) is 11.5 Å². The summed E-state index contributed by atoms with van der Waals surface area (Å²) in [7, 11) is 0. The number of nitrogens with zero attached hydrogens (tertiary/aromatic N) is 2.